The summed E-state index contributed by atoms with van der Waals surface area (Å²) in [7, 11) is 1.60. The molecule has 20 heavy (non-hydrogen) atoms. The lowest BCUT2D eigenvalue weighted by Gasteiger charge is -2.16. The topological polar surface area (TPSA) is 66.8 Å². The number of aliphatic carboxylic acids is 1. The molecule has 0 aliphatic heterocycles. The second kappa shape index (κ2) is 7.65. The van der Waals surface area contributed by atoms with Crippen molar-refractivity contribution in [3.05, 3.63) is 35.4 Å². The molecule has 1 aromatic carbocycles. The monoisotopic (exact) mass is 279 g/mol. The molecule has 110 valence electrons. The summed E-state index contributed by atoms with van der Waals surface area (Å²) in [6.07, 6.45) is 0.112. The second-order valence-electron chi connectivity index (χ2n) is 4.93. The predicted octanol–water partition coefficient (Wildman–Crippen LogP) is 2.16. The van der Waals surface area contributed by atoms with Gasteiger partial charge in [0.15, 0.2) is 0 Å². The van der Waals surface area contributed by atoms with Crippen LogP contribution in [0.4, 0.5) is 0 Å². The number of rotatable bonds is 7. The highest BCUT2D eigenvalue weighted by molar-refractivity contribution is 5.94. The molecule has 1 amide bonds. The highest BCUT2D eigenvalue weighted by Gasteiger charge is 2.12. The van der Waals surface area contributed by atoms with E-state index in [9.17, 15) is 9.59 Å². The largest absolute Gasteiger partial charge is 0.481 e. The van der Waals surface area contributed by atoms with E-state index in [-0.39, 0.29) is 25.0 Å². The zero-order valence-corrected chi connectivity index (χ0v) is 12.1. The Kier molecular flexibility index (Phi) is 6.18. The van der Waals surface area contributed by atoms with E-state index in [0.29, 0.717) is 12.2 Å². The molecule has 0 aliphatic carbocycles. The highest BCUT2D eigenvalue weighted by atomic mass is 16.5. The number of carboxylic acids is 1. The van der Waals surface area contributed by atoms with Gasteiger partial charge in [-0.05, 0) is 31.5 Å². The molecule has 0 aromatic heterocycles. The van der Waals surface area contributed by atoms with Crippen LogP contribution in [0.25, 0.3) is 0 Å². The van der Waals surface area contributed by atoms with Crippen LogP contribution >= 0.6 is 0 Å². The zero-order chi connectivity index (χ0) is 15.1. The van der Waals surface area contributed by atoms with E-state index in [1.54, 1.807) is 19.2 Å². The van der Waals surface area contributed by atoms with Crippen LogP contribution in [-0.4, -0.2) is 41.6 Å². The van der Waals surface area contributed by atoms with Crippen LogP contribution in [0.1, 0.15) is 36.2 Å². The molecule has 0 saturated carbocycles. The van der Waals surface area contributed by atoms with Crippen molar-refractivity contribution in [2.75, 3.05) is 13.6 Å². The Morgan fingerprint density at radius 3 is 2.35 bits per heavy atom. The number of carboxylic acid groups (broad SMARTS) is 1. The molecule has 0 radical (unpaired) electrons. The summed E-state index contributed by atoms with van der Waals surface area (Å²) in [5.41, 5.74) is 1.55. The molecule has 0 unspecified atom stereocenters. The van der Waals surface area contributed by atoms with Gasteiger partial charge in [-0.1, -0.05) is 12.1 Å². The first-order valence-electron chi connectivity index (χ1n) is 6.58. The molecule has 0 bridgehead atoms. The Balaban J connectivity index is 2.58. The number of amides is 1. The van der Waals surface area contributed by atoms with Crippen LogP contribution in [0.2, 0.25) is 0 Å². The van der Waals surface area contributed by atoms with Crippen molar-refractivity contribution in [3.8, 4) is 0 Å². The van der Waals surface area contributed by atoms with Crippen molar-refractivity contribution in [3.63, 3.8) is 0 Å². The number of carbonyl (C=O) groups is 2. The van der Waals surface area contributed by atoms with Crippen LogP contribution in [0.15, 0.2) is 24.3 Å². The van der Waals surface area contributed by atoms with Crippen LogP contribution in [-0.2, 0) is 16.1 Å². The molecule has 0 atom stereocenters. The Hall–Kier alpha value is -1.88. The van der Waals surface area contributed by atoms with Gasteiger partial charge < -0.3 is 14.7 Å². The lowest BCUT2D eigenvalue weighted by Crippen LogP contribution is -2.29. The van der Waals surface area contributed by atoms with Gasteiger partial charge in [-0.15, -0.1) is 0 Å². The molecule has 0 heterocycles. The second-order valence-corrected chi connectivity index (χ2v) is 4.93. The Morgan fingerprint density at radius 1 is 1.25 bits per heavy atom. The number of benzene rings is 1. The summed E-state index contributed by atoms with van der Waals surface area (Å²) in [5, 5.41) is 8.60. The van der Waals surface area contributed by atoms with Crippen molar-refractivity contribution < 1.29 is 19.4 Å². The molecule has 1 aromatic rings. The Morgan fingerprint density at radius 2 is 1.85 bits per heavy atom. The standard InChI is InChI=1S/C15H21NO4/c1-11(2)20-10-12-4-6-13(7-5-12)15(19)16(3)9-8-14(17)18/h4-7,11H,8-10H2,1-3H3,(H,17,18). The summed E-state index contributed by atoms with van der Waals surface area (Å²) in [5.74, 6) is -1.09. The van der Waals surface area contributed by atoms with E-state index < -0.39 is 5.97 Å². The van der Waals surface area contributed by atoms with Gasteiger partial charge in [0.1, 0.15) is 0 Å². The number of hydrogen-bond acceptors (Lipinski definition) is 3. The maximum atomic E-state index is 12.0. The molecular formula is C15H21NO4. The first-order chi connectivity index (χ1) is 9.40. The average Bonchev–Trinajstić information content (AvgIpc) is 2.42. The molecule has 0 aliphatic rings. The van der Waals surface area contributed by atoms with E-state index in [1.165, 1.54) is 4.90 Å². The highest BCUT2D eigenvalue weighted by Crippen LogP contribution is 2.09. The molecule has 0 saturated heterocycles. The third-order valence-electron chi connectivity index (χ3n) is 2.79. The Labute approximate surface area is 119 Å². The fourth-order valence-electron chi connectivity index (χ4n) is 1.59. The van der Waals surface area contributed by atoms with E-state index in [0.717, 1.165) is 5.56 Å². The molecule has 0 fully saturated rings. The molecule has 5 nitrogen and oxygen atoms in total. The molecule has 5 heteroatoms. The van der Waals surface area contributed by atoms with Gasteiger partial charge in [0.2, 0.25) is 0 Å². The van der Waals surface area contributed by atoms with Gasteiger partial charge in [-0.25, -0.2) is 0 Å². The van der Waals surface area contributed by atoms with Crippen molar-refractivity contribution in [1.82, 2.24) is 4.90 Å². The van der Waals surface area contributed by atoms with E-state index in [2.05, 4.69) is 0 Å². The summed E-state index contributed by atoms with van der Waals surface area (Å²) in [4.78, 5) is 23.9. The zero-order valence-electron chi connectivity index (χ0n) is 12.1. The minimum absolute atomic E-state index is 0.0530. The van der Waals surface area contributed by atoms with Crippen LogP contribution < -0.4 is 0 Å². The number of hydrogen-bond donors (Lipinski definition) is 1. The number of nitrogens with zero attached hydrogens (tertiary/aromatic N) is 1. The van der Waals surface area contributed by atoms with Gasteiger partial charge in [0, 0.05) is 19.2 Å². The smallest absolute Gasteiger partial charge is 0.305 e. The van der Waals surface area contributed by atoms with Gasteiger partial charge in [0.05, 0.1) is 19.1 Å². The maximum Gasteiger partial charge on any atom is 0.305 e. The van der Waals surface area contributed by atoms with Crippen LogP contribution in [0.5, 0.6) is 0 Å². The summed E-state index contributed by atoms with van der Waals surface area (Å²) < 4.78 is 5.48. The third kappa shape index (κ3) is 5.40. The lowest BCUT2D eigenvalue weighted by molar-refractivity contribution is -0.137. The van der Waals surface area contributed by atoms with Crippen molar-refractivity contribution in [1.29, 1.82) is 0 Å². The first kappa shape index (κ1) is 16.2. The molecule has 1 N–H and O–H groups in total. The molecule has 0 spiro atoms. The fourth-order valence-corrected chi connectivity index (χ4v) is 1.59. The number of carbonyl (C=O) groups excluding carboxylic acids is 1. The van der Waals surface area contributed by atoms with E-state index in [1.807, 2.05) is 26.0 Å². The summed E-state index contributed by atoms with van der Waals surface area (Å²) >= 11 is 0. The summed E-state index contributed by atoms with van der Waals surface area (Å²) in [6.45, 7) is 4.65. The fraction of sp³-hybridized carbons (Fsp3) is 0.467. The van der Waals surface area contributed by atoms with Gasteiger partial charge >= 0.3 is 5.97 Å². The maximum absolute atomic E-state index is 12.0. The average molecular weight is 279 g/mol. The van der Waals surface area contributed by atoms with Crippen LogP contribution in [0.3, 0.4) is 0 Å². The molecular weight excluding hydrogens is 258 g/mol. The van der Waals surface area contributed by atoms with Crippen molar-refractivity contribution in [2.45, 2.75) is 33.0 Å². The SMILES string of the molecule is CC(C)OCc1ccc(C(=O)N(C)CCC(=O)O)cc1. The minimum Gasteiger partial charge on any atom is -0.481 e. The normalized spacial score (nSPS) is 10.6. The van der Waals surface area contributed by atoms with E-state index >= 15 is 0 Å². The van der Waals surface area contributed by atoms with E-state index in [4.69, 9.17) is 9.84 Å². The number of ether oxygens (including phenoxy) is 1. The molecule has 1 rings (SSSR count). The lowest BCUT2D eigenvalue weighted by atomic mass is 10.1. The minimum atomic E-state index is -0.911. The Bertz CT molecular complexity index is 453. The van der Waals surface area contributed by atoms with Gasteiger partial charge in [-0.3, -0.25) is 9.59 Å². The van der Waals surface area contributed by atoms with Crippen molar-refractivity contribution in [2.24, 2.45) is 0 Å². The van der Waals surface area contributed by atoms with Gasteiger partial charge in [0.25, 0.3) is 5.91 Å². The first-order valence-corrected chi connectivity index (χ1v) is 6.58. The quantitative estimate of drug-likeness (QED) is 0.830. The van der Waals surface area contributed by atoms with Gasteiger partial charge in [-0.2, -0.15) is 0 Å². The van der Waals surface area contributed by atoms with Crippen molar-refractivity contribution >= 4 is 11.9 Å². The predicted molar refractivity (Wildman–Crippen MR) is 75.6 cm³/mol. The third-order valence-corrected chi connectivity index (χ3v) is 2.79. The summed E-state index contributed by atoms with van der Waals surface area (Å²) in [6, 6.07) is 7.17. The van der Waals surface area contributed by atoms with Crippen LogP contribution in [0, 0.1) is 0 Å².